The lowest BCUT2D eigenvalue weighted by molar-refractivity contribution is -0.268. The molecule has 1 aliphatic rings. The molecular weight excluding hydrogens is 404 g/mol. The Balaban J connectivity index is 1.85. The molecule has 0 aromatic heterocycles. The molecule has 8 nitrogen and oxygen atoms in total. The lowest BCUT2D eigenvalue weighted by Gasteiger charge is -2.40. The van der Waals surface area contributed by atoms with Crippen molar-refractivity contribution in [2.24, 2.45) is 0 Å². The number of aliphatic hydroxyl groups excluding tert-OH is 5. The van der Waals surface area contributed by atoms with Gasteiger partial charge < -0.3 is 35.0 Å². The molecule has 2 aromatic carbocycles. The van der Waals surface area contributed by atoms with Gasteiger partial charge in [0.15, 0.2) is 11.9 Å². The number of para-hydroxylation sites is 1. The number of ketones is 1. The van der Waals surface area contributed by atoms with E-state index in [0.717, 1.165) is 0 Å². The normalized spacial score (nSPS) is 27.2. The molecule has 5 N–H and O–H groups in total. The van der Waals surface area contributed by atoms with Crippen LogP contribution in [0.15, 0.2) is 54.6 Å². The van der Waals surface area contributed by atoms with Gasteiger partial charge in [-0.05, 0) is 24.1 Å². The van der Waals surface area contributed by atoms with Gasteiger partial charge >= 0.3 is 0 Å². The number of carbonyl (C=O) groups excluding carboxylic acids is 1. The van der Waals surface area contributed by atoms with Crippen molar-refractivity contribution in [1.82, 2.24) is 0 Å². The van der Waals surface area contributed by atoms with Gasteiger partial charge in [-0.25, -0.2) is 0 Å². The molecule has 6 atom stereocenters. The van der Waals surface area contributed by atoms with Crippen LogP contribution in [0.2, 0.25) is 0 Å². The summed E-state index contributed by atoms with van der Waals surface area (Å²) in [5.74, 6) is -0.706. The molecule has 2 aromatic rings. The van der Waals surface area contributed by atoms with Crippen LogP contribution in [0.25, 0.3) is 6.08 Å². The minimum absolute atomic E-state index is 0.183. The van der Waals surface area contributed by atoms with Crippen molar-refractivity contribution in [2.75, 3.05) is 0 Å². The van der Waals surface area contributed by atoms with Crippen molar-refractivity contribution in [2.45, 2.75) is 50.3 Å². The Morgan fingerprint density at radius 2 is 1.74 bits per heavy atom. The van der Waals surface area contributed by atoms with Gasteiger partial charge in [0.25, 0.3) is 0 Å². The van der Waals surface area contributed by atoms with Crippen LogP contribution in [0, 0.1) is 0 Å². The average molecular weight is 430 g/mol. The number of allylic oxidation sites excluding steroid dienone is 1. The van der Waals surface area contributed by atoms with Crippen LogP contribution in [0.3, 0.4) is 0 Å². The summed E-state index contributed by atoms with van der Waals surface area (Å²) in [7, 11) is 0. The Morgan fingerprint density at radius 1 is 1.06 bits per heavy atom. The fourth-order valence-corrected chi connectivity index (χ4v) is 3.46. The lowest BCUT2D eigenvalue weighted by Crippen LogP contribution is -2.61. The minimum Gasteiger partial charge on any atom is -0.462 e. The van der Waals surface area contributed by atoms with Crippen LogP contribution in [-0.2, 0) is 16.1 Å². The predicted molar refractivity (Wildman–Crippen MR) is 111 cm³/mol. The Bertz CT molecular complexity index is 927. The van der Waals surface area contributed by atoms with Crippen molar-refractivity contribution in [1.29, 1.82) is 0 Å². The van der Waals surface area contributed by atoms with Gasteiger partial charge in [0, 0.05) is 5.56 Å². The molecule has 8 heteroatoms. The van der Waals surface area contributed by atoms with Crippen molar-refractivity contribution >= 4 is 11.9 Å². The molecule has 0 bridgehead atoms. The first-order valence-electron chi connectivity index (χ1n) is 9.87. The second kappa shape index (κ2) is 10.1. The van der Waals surface area contributed by atoms with Gasteiger partial charge in [-0.1, -0.05) is 54.6 Å². The van der Waals surface area contributed by atoms with E-state index in [9.17, 15) is 30.3 Å². The van der Waals surface area contributed by atoms with Crippen LogP contribution in [0.5, 0.6) is 5.75 Å². The molecule has 0 saturated carbocycles. The highest BCUT2D eigenvalue weighted by molar-refractivity contribution is 5.90. The first-order chi connectivity index (χ1) is 14.9. The van der Waals surface area contributed by atoms with Crippen LogP contribution in [0.4, 0.5) is 0 Å². The quantitative estimate of drug-likeness (QED) is 0.433. The molecule has 0 amide bonds. The summed E-state index contributed by atoms with van der Waals surface area (Å²) in [6.07, 6.45) is -6.54. The molecule has 1 fully saturated rings. The zero-order valence-corrected chi connectivity index (χ0v) is 16.9. The molecule has 0 aliphatic carbocycles. The molecule has 1 aliphatic heterocycles. The summed E-state index contributed by atoms with van der Waals surface area (Å²) in [5, 5.41) is 51.1. The number of aliphatic hydroxyl groups is 5. The predicted octanol–water partition coefficient (Wildman–Crippen LogP) is 0.701. The molecule has 31 heavy (non-hydrogen) atoms. The third-order valence-corrected chi connectivity index (χ3v) is 5.14. The maximum absolute atomic E-state index is 13.0. The van der Waals surface area contributed by atoms with Crippen molar-refractivity contribution < 1.29 is 39.8 Å². The molecular formula is C23H26O8. The molecule has 0 radical (unpaired) electrons. The van der Waals surface area contributed by atoms with Gasteiger partial charge in [0.1, 0.15) is 30.2 Å². The van der Waals surface area contributed by atoms with E-state index < -0.39 is 42.6 Å². The highest BCUT2D eigenvalue weighted by Crippen LogP contribution is 2.30. The largest absolute Gasteiger partial charge is 0.462 e. The van der Waals surface area contributed by atoms with Crippen molar-refractivity contribution in [3.05, 3.63) is 71.3 Å². The molecule has 1 unspecified atom stereocenters. The minimum atomic E-state index is -1.78. The molecule has 166 valence electrons. The summed E-state index contributed by atoms with van der Waals surface area (Å²) in [4.78, 5) is 13.0. The van der Waals surface area contributed by atoms with Gasteiger partial charge in [0.2, 0.25) is 6.29 Å². The van der Waals surface area contributed by atoms with Crippen molar-refractivity contribution in [3.8, 4) is 5.75 Å². The Morgan fingerprint density at radius 3 is 2.45 bits per heavy atom. The number of carbonyl (C=O) groups is 1. The van der Waals surface area contributed by atoms with E-state index in [1.807, 2.05) is 0 Å². The van der Waals surface area contributed by atoms with Crippen LogP contribution in [-0.4, -0.2) is 62.0 Å². The highest BCUT2D eigenvalue weighted by Gasteiger charge is 2.49. The first-order valence-corrected chi connectivity index (χ1v) is 9.87. The first kappa shape index (κ1) is 23.1. The number of hydrogen-bond acceptors (Lipinski definition) is 8. The van der Waals surface area contributed by atoms with Crippen LogP contribution >= 0.6 is 0 Å². The molecule has 1 saturated heterocycles. The van der Waals surface area contributed by atoms with E-state index in [1.54, 1.807) is 61.5 Å². The molecule has 1 heterocycles. The SMILES string of the molecule is CC=Cc1ccccc1C(O)C(=O)[C@H]1O[C@H](Oc2ccccc2CO)[C@H](O)[C@@H](O)[C@@H]1O. The van der Waals surface area contributed by atoms with E-state index in [1.165, 1.54) is 6.07 Å². The highest BCUT2D eigenvalue weighted by atomic mass is 16.7. The monoisotopic (exact) mass is 430 g/mol. The third kappa shape index (κ3) is 4.85. The number of ether oxygens (including phenoxy) is 2. The van der Waals surface area contributed by atoms with Gasteiger partial charge in [-0.3, -0.25) is 4.79 Å². The van der Waals surface area contributed by atoms with E-state index in [0.29, 0.717) is 16.7 Å². The molecule has 3 rings (SSSR count). The van der Waals surface area contributed by atoms with Crippen LogP contribution < -0.4 is 4.74 Å². The summed E-state index contributed by atoms with van der Waals surface area (Å²) in [6.45, 7) is 1.45. The maximum Gasteiger partial charge on any atom is 0.229 e. The number of rotatable bonds is 7. The average Bonchev–Trinajstić information content (AvgIpc) is 2.79. The second-order valence-corrected chi connectivity index (χ2v) is 7.21. The van der Waals surface area contributed by atoms with Gasteiger partial charge in [-0.2, -0.15) is 0 Å². The summed E-state index contributed by atoms with van der Waals surface area (Å²) in [6, 6.07) is 13.2. The lowest BCUT2D eigenvalue weighted by atomic mass is 9.90. The van der Waals surface area contributed by atoms with E-state index >= 15 is 0 Å². The van der Waals surface area contributed by atoms with Crippen LogP contribution in [0.1, 0.15) is 29.7 Å². The Hall–Kier alpha value is -2.59. The number of Topliss-reactive ketones (excluding diaryl/α,β-unsaturated/α-hetero) is 1. The summed E-state index contributed by atoms with van der Waals surface area (Å²) < 4.78 is 11.1. The summed E-state index contributed by atoms with van der Waals surface area (Å²) >= 11 is 0. The standard InChI is InChI=1S/C23H26O8/c1-2-7-13-8-3-5-10-15(13)17(25)19(27)22-20(28)18(26)21(29)23(31-22)30-16-11-6-4-9-14(16)12-24/h2-11,17-18,20-26,28-29H,12H2,1H3/t17?,18-,20-,21+,22+,23-/m0/s1. The topological polar surface area (TPSA) is 137 Å². The third-order valence-electron chi connectivity index (χ3n) is 5.14. The van der Waals surface area contributed by atoms with E-state index in [2.05, 4.69) is 0 Å². The van der Waals surface area contributed by atoms with E-state index in [-0.39, 0.29) is 12.4 Å². The van der Waals surface area contributed by atoms with Gasteiger partial charge in [0.05, 0.1) is 6.61 Å². The zero-order valence-electron chi connectivity index (χ0n) is 16.9. The Labute approximate surface area is 179 Å². The number of benzene rings is 2. The van der Waals surface area contributed by atoms with E-state index in [4.69, 9.17) is 9.47 Å². The second-order valence-electron chi connectivity index (χ2n) is 7.21. The van der Waals surface area contributed by atoms with Gasteiger partial charge in [-0.15, -0.1) is 0 Å². The van der Waals surface area contributed by atoms with Crippen molar-refractivity contribution in [3.63, 3.8) is 0 Å². The summed E-state index contributed by atoms with van der Waals surface area (Å²) in [5.41, 5.74) is 1.33. The smallest absolute Gasteiger partial charge is 0.229 e. The fourth-order valence-electron chi connectivity index (χ4n) is 3.46. The Kier molecular flexibility index (Phi) is 7.55. The maximum atomic E-state index is 13.0. The molecule has 0 spiro atoms. The fraction of sp³-hybridized carbons (Fsp3) is 0.348. The number of hydrogen-bond donors (Lipinski definition) is 5. The zero-order chi connectivity index (χ0) is 22.5.